The van der Waals surface area contributed by atoms with Crippen molar-refractivity contribution in [3.63, 3.8) is 0 Å². The largest absolute Gasteiger partial charge is 0.394 e. The molecule has 1 heterocycles. The van der Waals surface area contributed by atoms with Gasteiger partial charge in [-0.2, -0.15) is 0 Å². The zero-order valence-corrected chi connectivity index (χ0v) is 6.79. The maximum absolute atomic E-state index is 9.37. The maximum Gasteiger partial charge on any atom is 0.181 e. The summed E-state index contributed by atoms with van der Waals surface area (Å²) in [4.78, 5) is 0. The van der Waals surface area contributed by atoms with Gasteiger partial charge in [0.25, 0.3) is 0 Å². The SMILES string of the molecule is CC1C(O)C(O)OC(CO)C1O. The molecule has 0 radical (unpaired) electrons. The lowest BCUT2D eigenvalue weighted by Crippen LogP contribution is -2.54. The molecule has 1 fully saturated rings. The fraction of sp³-hybridized carbons (Fsp3) is 1.00. The second-order valence-corrected chi connectivity index (χ2v) is 3.09. The van der Waals surface area contributed by atoms with Gasteiger partial charge in [-0.15, -0.1) is 0 Å². The number of aliphatic hydroxyl groups excluding tert-OH is 4. The van der Waals surface area contributed by atoms with Gasteiger partial charge in [-0.05, 0) is 0 Å². The van der Waals surface area contributed by atoms with Crippen molar-refractivity contribution in [1.82, 2.24) is 0 Å². The molecule has 4 N–H and O–H groups in total. The minimum atomic E-state index is -1.32. The highest BCUT2D eigenvalue weighted by Gasteiger charge is 2.40. The second kappa shape index (κ2) is 3.68. The molecule has 0 amide bonds. The standard InChI is InChI=1S/C7H14O5/c1-3-5(9)4(2-8)12-7(11)6(3)10/h3-11H,2H2,1H3. The topological polar surface area (TPSA) is 90.2 Å². The average Bonchev–Trinajstić information content (AvgIpc) is 2.08. The quantitative estimate of drug-likeness (QED) is 0.375. The van der Waals surface area contributed by atoms with E-state index in [2.05, 4.69) is 0 Å². The lowest BCUT2D eigenvalue weighted by atomic mass is 9.91. The Morgan fingerprint density at radius 1 is 1.17 bits per heavy atom. The van der Waals surface area contributed by atoms with Crippen molar-refractivity contribution in [3.8, 4) is 0 Å². The van der Waals surface area contributed by atoms with Crippen LogP contribution in [0.15, 0.2) is 0 Å². The van der Waals surface area contributed by atoms with E-state index in [0.29, 0.717) is 0 Å². The molecule has 72 valence electrons. The molecule has 0 saturated carbocycles. The molecule has 1 aliphatic heterocycles. The van der Waals surface area contributed by atoms with Gasteiger partial charge in [0.2, 0.25) is 0 Å². The van der Waals surface area contributed by atoms with Crippen LogP contribution < -0.4 is 0 Å². The molecule has 0 spiro atoms. The molecule has 12 heavy (non-hydrogen) atoms. The molecule has 5 unspecified atom stereocenters. The smallest absolute Gasteiger partial charge is 0.181 e. The first-order valence-corrected chi connectivity index (χ1v) is 3.88. The summed E-state index contributed by atoms with van der Waals surface area (Å²) >= 11 is 0. The van der Waals surface area contributed by atoms with Crippen LogP contribution in [0, 0.1) is 5.92 Å². The molecule has 1 rings (SSSR count). The second-order valence-electron chi connectivity index (χ2n) is 3.09. The highest BCUT2D eigenvalue weighted by Crippen LogP contribution is 2.24. The number of aliphatic hydroxyl groups is 4. The summed E-state index contributed by atoms with van der Waals surface area (Å²) in [6, 6.07) is 0. The van der Waals surface area contributed by atoms with Gasteiger partial charge in [0.15, 0.2) is 6.29 Å². The first kappa shape index (κ1) is 9.88. The summed E-state index contributed by atoms with van der Waals surface area (Å²) in [7, 11) is 0. The van der Waals surface area contributed by atoms with E-state index < -0.39 is 30.5 Å². The molecule has 0 aromatic heterocycles. The average molecular weight is 178 g/mol. The third kappa shape index (κ3) is 1.60. The molecular formula is C7H14O5. The third-order valence-corrected chi connectivity index (χ3v) is 2.24. The minimum Gasteiger partial charge on any atom is -0.394 e. The molecule has 0 bridgehead atoms. The number of hydrogen-bond donors (Lipinski definition) is 4. The number of rotatable bonds is 1. The van der Waals surface area contributed by atoms with Gasteiger partial charge in [0.05, 0.1) is 12.7 Å². The number of hydrogen-bond acceptors (Lipinski definition) is 5. The normalized spacial score (nSPS) is 49.2. The summed E-state index contributed by atoms with van der Waals surface area (Å²) in [6.45, 7) is 1.22. The van der Waals surface area contributed by atoms with Crippen LogP contribution in [0.1, 0.15) is 6.92 Å². The summed E-state index contributed by atoms with van der Waals surface area (Å²) in [6.07, 6.45) is -4.16. The predicted octanol–water partition coefficient (Wildman–Crippen LogP) is -1.95. The summed E-state index contributed by atoms with van der Waals surface area (Å²) in [5.41, 5.74) is 0. The molecule has 0 aromatic carbocycles. The van der Waals surface area contributed by atoms with Gasteiger partial charge in [-0.25, -0.2) is 0 Å². The fourth-order valence-electron chi connectivity index (χ4n) is 1.29. The van der Waals surface area contributed by atoms with Crippen molar-refractivity contribution in [2.45, 2.75) is 31.5 Å². The van der Waals surface area contributed by atoms with E-state index in [4.69, 9.17) is 14.9 Å². The molecule has 5 heteroatoms. The van der Waals surface area contributed by atoms with Crippen LogP contribution in [-0.2, 0) is 4.74 Å². The zero-order valence-electron chi connectivity index (χ0n) is 6.79. The van der Waals surface area contributed by atoms with Gasteiger partial charge in [-0.3, -0.25) is 0 Å². The molecule has 1 aliphatic rings. The van der Waals surface area contributed by atoms with Crippen molar-refractivity contribution in [3.05, 3.63) is 0 Å². The Morgan fingerprint density at radius 2 is 1.75 bits per heavy atom. The lowest BCUT2D eigenvalue weighted by molar-refractivity contribution is -0.271. The van der Waals surface area contributed by atoms with Crippen LogP contribution in [0.25, 0.3) is 0 Å². The van der Waals surface area contributed by atoms with Crippen LogP contribution >= 0.6 is 0 Å². The predicted molar refractivity (Wildman–Crippen MR) is 39.1 cm³/mol. The van der Waals surface area contributed by atoms with Gasteiger partial charge in [-0.1, -0.05) is 6.92 Å². The Kier molecular flexibility index (Phi) is 3.03. The van der Waals surface area contributed by atoms with Crippen LogP contribution in [0.3, 0.4) is 0 Å². The monoisotopic (exact) mass is 178 g/mol. The minimum absolute atomic E-state index is 0.366. The van der Waals surface area contributed by atoms with E-state index in [1.807, 2.05) is 0 Å². The van der Waals surface area contributed by atoms with E-state index in [-0.39, 0.29) is 6.61 Å². The molecule has 0 aromatic rings. The van der Waals surface area contributed by atoms with Crippen molar-refractivity contribution >= 4 is 0 Å². The Bertz CT molecular complexity index is 146. The number of ether oxygens (including phenoxy) is 1. The van der Waals surface area contributed by atoms with E-state index >= 15 is 0 Å². The molecular weight excluding hydrogens is 164 g/mol. The van der Waals surface area contributed by atoms with Crippen LogP contribution in [0.4, 0.5) is 0 Å². The molecule has 5 nitrogen and oxygen atoms in total. The fourth-order valence-corrected chi connectivity index (χ4v) is 1.29. The van der Waals surface area contributed by atoms with Gasteiger partial charge in [0.1, 0.15) is 12.2 Å². The van der Waals surface area contributed by atoms with Crippen LogP contribution in [0.5, 0.6) is 0 Å². The van der Waals surface area contributed by atoms with Crippen LogP contribution in [0.2, 0.25) is 0 Å². The molecule has 5 atom stereocenters. The van der Waals surface area contributed by atoms with Crippen LogP contribution in [-0.4, -0.2) is 51.6 Å². The van der Waals surface area contributed by atoms with Crippen molar-refractivity contribution in [1.29, 1.82) is 0 Å². The molecule has 1 saturated heterocycles. The van der Waals surface area contributed by atoms with E-state index in [0.717, 1.165) is 0 Å². The Labute approximate surface area is 70.2 Å². The summed E-state index contributed by atoms with van der Waals surface area (Å²) < 4.78 is 4.74. The zero-order chi connectivity index (χ0) is 9.30. The maximum atomic E-state index is 9.37. The van der Waals surface area contributed by atoms with Gasteiger partial charge >= 0.3 is 0 Å². The van der Waals surface area contributed by atoms with Gasteiger partial charge in [0, 0.05) is 5.92 Å². The first-order valence-electron chi connectivity index (χ1n) is 3.88. The summed E-state index contributed by atoms with van der Waals surface area (Å²) in [5.74, 6) is -0.495. The highest BCUT2D eigenvalue weighted by atomic mass is 16.6. The lowest BCUT2D eigenvalue weighted by Gasteiger charge is -2.38. The Morgan fingerprint density at radius 3 is 2.25 bits per heavy atom. The van der Waals surface area contributed by atoms with E-state index in [1.54, 1.807) is 6.92 Å². The van der Waals surface area contributed by atoms with Gasteiger partial charge < -0.3 is 25.2 Å². The Hall–Kier alpha value is -0.200. The Balaban J connectivity index is 2.63. The van der Waals surface area contributed by atoms with Crippen molar-refractivity contribution in [2.24, 2.45) is 5.92 Å². The van der Waals surface area contributed by atoms with E-state index in [9.17, 15) is 10.2 Å². The van der Waals surface area contributed by atoms with E-state index in [1.165, 1.54) is 0 Å². The summed E-state index contributed by atoms with van der Waals surface area (Å²) in [5, 5.41) is 36.4. The highest BCUT2D eigenvalue weighted by molar-refractivity contribution is 4.85. The third-order valence-electron chi connectivity index (χ3n) is 2.24. The van der Waals surface area contributed by atoms with Crippen molar-refractivity contribution in [2.75, 3.05) is 6.61 Å². The molecule has 0 aliphatic carbocycles. The first-order chi connectivity index (χ1) is 5.57. The van der Waals surface area contributed by atoms with Crippen molar-refractivity contribution < 1.29 is 25.2 Å².